The van der Waals surface area contributed by atoms with E-state index in [0.29, 0.717) is 6.54 Å². The van der Waals surface area contributed by atoms with Gasteiger partial charge in [-0.15, -0.1) is 0 Å². The summed E-state index contributed by atoms with van der Waals surface area (Å²) in [6.45, 7) is 11.4. The molecule has 0 saturated heterocycles. The van der Waals surface area contributed by atoms with Gasteiger partial charge in [-0.1, -0.05) is 20.8 Å². The van der Waals surface area contributed by atoms with Crippen LogP contribution in [0.1, 0.15) is 34.1 Å². The van der Waals surface area contributed by atoms with Gasteiger partial charge < -0.3 is 15.5 Å². The Labute approximate surface area is 125 Å². The van der Waals surface area contributed by atoms with Crippen molar-refractivity contribution in [3.8, 4) is 0 Å². The summed E-state index contributed by atoms with van der Waals surface area (Å²) in [4.78, 5) is 6.25. The van der Waals surface area contributed by atoms with Crippen LogP contribution in [0.3, 0.4) is 0 Å². The van der Waals surface area contributed by atoms with E-state index in [2.05, 4.69) is 34.4 Å². The number of hydrogen-bond donors (Lipinski definition) is 2. The number of hydrogen-bond acceptors (Lipinski definition) is 4. The van der Waals surface area contributed by atoms with Crippen molar-refractivity contribution in [2.24, 2.45) is 0 Å². The molecule has 6 heteroatoms. The summed E-state index contributed by atoms with van der Waals surface area (Å²) in [5.74, 6) is -1.14. The Bertz CT molecular complexity index is 436. The minimum absolute atomic E-state index is 0.0244. The van der Waals surface area contributed by atoms with Crippen LogP contribution in [0.25, 0.3) is 0 Å². The summed E-state index contributed by atoms with van der Waals surface area (Å²) >= 11 is 0. The third kappa shape index (κ3) is 5.46. The molecule has 0 aliphatic heterocycles. The predicted octanol–water partition coefficient (Wildman–Crippen LogP) is 3.32. The number of likely N-dealkylation sites (N-methyl/N-ethyl adjacent to an activating group) is 1. The van der Waals surface area contributed by atoms with Crippen LogP contribution < -0.4 is 10.6 Å². The van der Waals surface area contributed by atoms with E-state index in [9.17, 15) is 8.78 Å². The van der Waals surface area contributed by atoms with Crippen molar-refractivity contribution in [3.05, 3.63) is 17.7 Å². The molecule has 1 aromatic rings. The Hall–Kier alpha value is -1.43. The average Bonchev–Trinajstić information content (AvgIpc) is 2.46. The van der Waals surface area contributed by atoms with Gasteiger partial charge >= 0.3 is 0 Å². The van der Waals surface area contributed by atoms with E-state index in [1.807, 2.05) is 13.8 Å². The highest BCUT2D eigenvalue weighted by Crippen LogP contribution is 2.19. The Morgan fingerprint density at radius 3 is 2.33 bits per heavy atom. The van der Waals surface area contributed by atoms with Crippen LogP contribution in [0.2, 0.25) is 0 Å². The second-order valence-electron chi connectivity index (χ2n) is 5.11. The molecule has 0 aliphatic rings. The first-order valence-corrected chi connectivity index (χ1v) is 7.60. The number of pyridine rings is 1. The molecule has 2 N–H and O–H groups in total. The van der Waals surface area contributed by atoms with Crippen molar-refractivity contribution in [2.75, 3.05) is 36.8 Å². The van der Waals surface area contributed by atoms with Crippen LogP contribution in [0.4, 0.5) is 20.4 Å². The molecule has 0 amide bonds. The highest BCUT2D eigenvalue weighted by molar-refractivity contribution is 5.48. The molecule has 1 aromatic heterocycles. The topological polar surface area (TPSA) is 40.2 Å². The number of nitrogens with zero attached hydrogens (tertiary/aromatic N) is 2. The van der Waals surface area contributed by atoms with Gasteiger partial charge in [-0.3, -0.25) is 0 Å². The molecule has 21 heavy (non-hydrogen) atoms. The highest BCUT2D eigenvalue weighted by Gasteiger charge is 2.14. The zero-order valence-corrected chi connectivity index (χ0v) is 13.3. The predicted molar refractivity (Wildman–Crippen MR) is 83.8 cm³/mol. The van der Waals surface area contributed by atoms with Gasteiger partial charge in [-0.2, -0.15) is 0 Å². The molecule has 1 rings (SSSR count). The largest absolute Gasteiger partial charge is 0.368 e. The van der Waals surface area contributed by atoms with Crippen molar-refractivity contribution < 1.29 is 8.78 Å². The van der Waals surface area contributed by atoms with Crippen LogP contribution in [0.15, 0.2) is 6.07 Å². The quantitative estimate of drug-likeness (QED) is 0.734. The third-order valence-corrected chi connectivity index (χ3v) is 3.28. The van der Waals surface area contributed by atoms with Crippen LogP contribution in [-0.2, 0) is 0 Å². The number of rotatable bonds is 9. The van der Waals surface area contributed by atoms with Crippen molar-refractivity contribution in [1.29, 1.82) is 0 Å². The first-order chi connectivity index (χ1) is 10.0. The molecule has 0 aromatic carbocycles. The van der Waals surface area contributed by atoms with Crippen molar-refractivity contribution >= 4 is 11.6 Å². The van der Waals surface area contributed by atoms with Gasteiger partial charge in [0.25, 0.3) is 0 Å². The van der Waals surface area contributed by atoms with Gasteiger partial charge in [-0.25, -0.2) is 13.8 Å². The molecular formula is C15H26F2N4. The van der Waals surface area contributed by atoms with E-state index in [4.69, 9.17) is 0 Å². The number of anilines is 2. The van der Waals surface area contributed by atoms with Gasteiger partial charge in [0.05, 0.1) is 0 Å². The monoisotopic (exact) mass is 300 g/mol. The first kappa shape index (κ1) is 17.6. The second-order valence-corrected chi connectivity index (χ2v) is 5.11. The van der Waals surface area contributed by atoms with E-state index in [-0.39, 0.29) is 17.7 Å². The van der Waals surface area contributed by atoms with Gasteiger partial charge in [0.2, 0.25) is 0 Å². The number of halogens is 2. The average molecular weight is 300 g/mol. The fourth-order valence-electron chi connectivity index (χ4n) is 2.08. The van der Waals surface area contributed by atoms with E-state index in [1.165, 1.54) is 0 Å². The standard InChI is InChI=1S/C15H26F2N4/c1-5-8-18-14-12(16)9-13(17)15(20-14)19-11(4)10-21(6-2)7-3/h9,11H,5-8,10H2,1-4H3,(H2,18,19,20). The Morgan fingerprint density at radius 1 is 1.14 bits per heavy atom. The van der Waals surface area contributed by atoms with Crippen LogP contribution >= 0.6 is 0 Å². The fraction of sp³-hybridized carbons (Fsp3) is 0.667. The van der Waals surface area contributed by atoms with E-state index in [0.717, 1.165) is 32.1 Å². The lowest BCUT2D eigenvalue weighted by molar-refractivity contribution is 0.294. The Kier molecular flexibility index (Phi) is 7.36. The molecule has 0 bridgehead atoms. The van der Waals surface area contributed by atoms with Crippen molar-refractivity contribution in [3.63, 3.8) is 0 Å². The summed E-state index contributed by atoms with van der Waals surface area (Å²) in [7, 11) is 0. The smallest absolute Gasteiger partial charge is 0.168 e. The Morgan fingerprint density at radius 2 is 1.76 bits per heavy atom. The van der Waals surface area contributed by atoms with Gasteiger partial charge in [-0.05, 0) is 26.4 Å². The van der Waals surface area contributed by atoms with E-state index >= 15 is 0 Å². The molecule has 1 unspecified atom stereocenters. The maximum atomic E-state index is 13.8. The molecular weight excluding hydrogens is 274 g/mol. The third-order valence-electron chi connectivity index (χ3n) is 3.28. The summed E-state index contributed by atoms with van der Waals surface area (Å²) < 4.78 is 27.4. The van der Waals surface area contributed by atoms with Crippen LogP contribution in [0, 0.1) is 11.6 Å². The summed E-state index contributed by atoms with van der Waals surface area (Å²) in [6, 6.07) is 0.897. The number of nitrogens with one attached hydrogen (secondary N) is 2. The van der Waals surface area contributed by atoms with E-state index < -0.39 is 11.6 Å². The maximum Gasteiger partial charge on any atom is 0.168 e. The molecule has 1 heterocycles. The van der Waals surface area contributed by atoms with Gasteiger partial charge in [0.1, 0.15) is 0 Å². The SMILES string of the molecule is CCCNc1nc(NC(C)CN(CC)CC)c(F)cc1F. The second kappa shape index (κ2) is 8.77. The minimum atomic E-state index is -0.666. The van der Waals surface area contributed by atoms with Gasteiger partial charge in [0.15, 0.2) is 23.3 Å². The van der Waals surface area contributed by atoms with Crippen LogP contribution in [0.5, 0.6) is 0 Å². The molecule has 0 spiro atoms. The normalized spacial score (nSPS) is 12.5. The zero-order chi connectivity index (χ0) is 15.8. The minimum Gasteiger partial charge on any atom is -0.368 e. The molecule has 0 radical (unpaired) electrons. The molecule has 0 fully saturated rings. The van der Waals surface area contributed by atoms with Crippen molar-refractivity contribution in [1.82, 2.24) is 9.88 Å². The summed E-state index contributed by atoms with van der Waals surface area (Å²) in [5.41, 5.74) is 0. The van der Waals surface area contributed by atoms with Crippen molar-refractivity contribution in [2.45, 2.75) is 40.2 Å². The summed E-state index contributed by atoms with van der Waals surface area (Å²) in [5, 5.41) is 5.88. The van der Waals surface area contributed by atoms with E-state index in [1.54, 1.807) is 0 Å². The summed E-state index contributed by atoms with van der Waals surface area (Å²) in [6.07, 6.45) is 0.847. The molecule has 0 saturated carbocycles. The maximum absolute atomic E-state index is 13.8. The highest BCUT2D eigenvalue weighted by atomic mass is 19.1. The molecule has 4 nitrogen and oxygen atoms in total. The lowest BCUT2D eigenvalue weighted by Crippen LogP contribution is -2.35. The lowest BCUT2D eigenvalue weighted by Gasteiger charge is -2.24. The fourth-order valence-corrected chi connectivity index (χ4v) is 2.08. The van der Waals surface area contributed by atoms with Gasteiger partial charge in [0, 0.05) is 25.2 Å². The first-order valence-electron chi connectivity index (χ1n) is 7.60. The molecule has 1 atom stereocenters. The molecule has 0 aliphatic carbocycles. The van der Waals surface area contributed by atoms with Crippen LogP contribution in [-0.4, -0.2) is 42.1 Å². The zero-order valence-electron chi connectivity index (χ0n) is 13.3. The number of aromatic nitrogens is 1. The molecule has 120 valence electrons. The lowest BCUT2D eigenvalue weighted by atomic mass is 10.3. The Balaban J connectivity index is 2.77.